The number of nitrogens with zero attached hydrogens (tertiary/aromatic N) is 2. The smallest absolute Gasteiger partial charge is 0.255 e. The molecule has 4 nitrogen and oxygen atoms in total. The van der Waals surface area contributed by atoms with E-state index in [0.29, 0.717) is 5.56 Å². The van der Waals surface area contributed by atoms with E-state index in [1.807, 2.05) is 67.1 Å². The number of carbonyl (C=O) groups is 1. The number of nitrogens with one attached hydrogen (secondary N) is 1. The van der Waals surface area contributed by atoms with Crippen LogP contribution >= 0.6 is 0 Å². The number of aromatic nitrogens is 2. The van der Waals surface area contributed by atoms with Crippen molar-refractivity contribution in [2.45, 2.75) is 13.8 Å². The molecule has 22 heavy (non-hydrogen) atoms. The van der Waals surface area contributed by atoms with Gasteiger partial charge in [-0.25, -0.2) is 4.98 Å². The van der Waals surface area contributed by atoms with Crippen LogP contribution in [-0.4, -0.2) is 15.5 Å². The average molecular weight is 291 g/mol. The second-order valence-electron chi connectivity index (χ2n) is 5.29. The largest absolute Gasteiger partial charge is 0.322 e. The second-order valence-corrected chi connectivity index (χ2v) is 5.29. The maximum absolute atomic E-state index is 12.3. The zero-order chi connectivity index (χ0) is 15.5. The molecule has 4 heteroatoms. The summed E-state index contributed by atoms with van der Waals surface area (Å²) < 4.78 is 1.91. The summed E-state index contributed by atoms with van der Waals surface area (Å²) in [5.74, 6) is -0.0899. The molecule has 3 rings (SSSR count). The highest BCUT2D eigenvalue weighted by Crippen LogP contribution is 2.16. The number of carbonyl (C=O) groups excluding carboxylic acids is 1. The molecule has 3 aromatic rings. The normalized spacial score (nSPS) is 10.5. The first-order chi connectivity index (χ1) is 10.6. The van der Waals surface area contributed by atoms with Crippen molar-refractivity contribution in [3.8, 4) is 5.69 Å². The zero-order valence-corrected chi connectivity index (χ0v) is 12.6. The molecule has 1 heterocycles. The van der Waals surface area contributed by atoms with Gasteiger partial charge in [-0.05, 0) is 49.7 Å². The van der Waals surface area contributed by atoms with Crippen LogP contribution in [-0.2, 0) is 0 Å². The number of aryl methyl sites for hydroxylation is 2. The van der Waals surface area contributed by atoms with Gasteiger partial charge in [-0.2, -0.15) is 0 Å². The molecule has 0 fully saturated rings. The third-order valence-corrected chi connectivity index (χ3v) is 3.55. The van der Waals surface area contributed by atoms with Crippen LogP contribution in [0.2, 0.25) is 0 Å². The predicted molar refractivity (Wildman–Crippen MR) is 87.4 cm³/mol. The van der Waals surface area contributed by atoms with Crippen molar-refractivity contribution in [1.82, 2.24) is 9.55 Å². The van der Waals surface area contributed by atoms with Crippen molar-refractivity contribution < 1.29 is 4.79 Å². The van der Waals surface area contributed by atoms with E-state index in [1.165, 1.54) is 0 Å². The predicted octanol–water partition coefficient (Wildman–Crippen LogP) is 3.74. The molecule has 1 amide bonds. The van der Waals surface area contributed by atoms with Crippen LogP contribution in [0.5, 0.6) is 0 Å². The summed E-state index contributed by atoms with van der Waals surface area (Å²) in [6.45, 7) is 3.97. The van der Waals surface area contributed by atoms with Gasteiger partial charge >= 0.3 is 0 Å². The Morgan fingerprint density at radius 1 is 1.09 bits per heavy atom. The summed E-state index contributed by atoms with van der Waals surface area (Å²) in [4.78, 5) is 16.4. The molecule has 0 aliphatic carbocycles. The maximum Gasteiger partial charge on any atom is 0.255 e. The zero-order valence-electron chi connectivity index (χ0n) is 12.6. The summed E-state index contributed by atoms with van der Waals surface area (Å²) >= 11 is 0. The van der Waals surface area contributed by atoms with E-state index in [9.17, 15) is 4.79 Å². The molecule has 0 spiro atoms. The molecule has 1 aromatic heterocycles. The quantitative estimate of drug-likeness (QED) is 0.799. The van der Waals surface area contributed by atoms with Gasteiger partial charge in [0.15, 0.2) is 0 Å². The van der Waals surface area contributed by atoms with Crippen LogP contribution in [0.4, 0.5) is 5.69 Å². The summed E-state index contributed by atoms with van der Waals surface area (Å²) in [6.07, 6.45) is 5.35. The number of rotatable bonds is 3. The van der Waals surface area contributed by atoms with Crippen LogP contribution < -0.4 is 5.32 Å². The Morgan fingerprint density at radius 2 is 1.86 bits per heavy atom. The monoisotopic (exact) mass is 291 g/mol. The minimum absolute atomic E-state index is 0.0899. The molecule has 0 saturated carbocycles. The van der Waals surface area contributed by atoms with Gasteiger partial charge in [0.2, 0.25) is 0 Å². The molecule has 0 saturated heterocycles. The van der Waals surface area contributed by atoms with E-state index in [1.54, 1.807) is 12.5 Å². The van der Waals surface area contributed by atoms with E-state index in [4.69, 9.17) is 0 Å². The number of benzene rings is 2. The lowest BCUT2D eigenvalue weighted by atomic mass is 10.1. The van der Waals surface area contributed by atoms with Crippen LogP contribution in [0.3, 0.4) is 0 Å². The molecule has 0 radical (unpaired) electrons. The fourth-order valence-electron chi connectivity index (χ4n) is 2.40. The molecule has 0 bridgehead atoms. The van der Waals surface area contributed by atoms with Gasteiger partial charge in [-0.1, -0.05) is 17.7 Å². The van der Waals surface area contributed by atoms with Gasteiger partial charge < -0.3 is 9.88 Å². The molecule has 110 valence electrons. The Balaban J connectivity index is 1.77. The van der Waals surface area contributed by atoms with Gasteiger partial charge in [0, 0.05) is 29.3 Å². The topological polar surface area (TPSA) is 46.9 Å². The van der Waals surface area contributed by atoms with Gasteiger partial charge in [-0.15, -0.1) is 0 Å². The minimum atomic E-state index is -0.0899. The highest BCUT2D eigenvalue weighted by molar-refractivity contribution is 6.05. The van der Waals surface area contributed by atoms with Gasteiger partial charge in [0.25, 0.3) is 5.91 Å². The fraction of sp³-hybridized carbons (Fsp3) is 0.111. The van der Waals surface area contributed by atoms with Crippen LogP contribution in [0.25, 0.3) is 5.69 Å². The van der Waals surface area contributed by atoms with Crippen molar-refractivity contribution in [2.24, 2.45) is 0 Å². The van der Waals surface area contributed by atoms with Gasteiger partial charge in [-0.3, -0.25) is 4.79 Å². The first-order valence-corrected chi connectivity index (χ1v) is 7.10. The standard InChI is InChI=1S/C18H17N3O/c1-13-3-8-17(14(2)11-13)18(22)20-15-4-6-16(7-5-15)21-10-9-19-12-21/h3-12H,1-2H3,(H,20,22). The van der Waals surface area contributed by atoms with Crippen molar-refractivity contribution in [1.29, 1.82) is 0 Å². The number of amides is 1. The first kappa shape index (κ1) is 14.1. The van der Waals surface area contributed by atoms with Crippen molar-refractivity contribution in [3.63, 3.8) is 0 Å². The lowest BCUT2D eigenvalue weighted by Crippen LogP contribution is -2.13. The SMILES string of the molecule is Cc1ccc(C(=O)Nc2ccc(-n3ccnc3)cc2)c(C)c1. The summed E-state index contributed by atoms with van der Waals surface area (Å²) in [7, 11) is 0. The van der Waals surface area contributed by atoms with Crippen molar-refractivity contribution in [2.75, 3.05) is 5.32 Å². The molecular weight excluding hydrogens is 274 g/mol. The fourth-order valence-corrected chi connectivity index (χ4v) is 2.40. The minimum Gasteiger partial charge on any atom is -0.322 e. The molecule has 0 aliphatic rings. The third-order valence-electron chi connectivity index (χ3n) is 3.55. The van der Waals surface area contributed by atoms with Crippen LogP contribution in [0.15, 0.2) is 61.2 Å². The highest BCUT2D eigenvalue weighted by Gasteiger charge is 2.09. The Labute approximate surface area is 129 Å². The molecule has 2 aromatic carbocycles. The second kappa shape index (κ2) is 5.85. The Bertz CT molecular complexity index is 790. The molecule has 0 unspecified atom stereocenters. The van der Waals surface area contributed by atoms with Gasteiger partial charge in [0.05, 0.1) is 6.33 Å². The Hall–Kier alpha value is -2.88. The summed E-state index contributed by atoms with van der Waals surface area (Å²) in [5.41, 5.74) is 4.60. The number of hydrogen-bond donors (Lipinski definition) is 1. The molecule has 0 atom stereocenters. The molecular formula is C18H17N3O. The maximum atomic E-state index is 12.3. The number of anilines is 1. The summed E-state index contributed by atoms with van der Waals surface area (Å²) in [5, 5.41) is 2.93. The molecule has 1 N–H and O–H groups in total. The van der Waals surface area contributed by atoms with Gasteiger partial charge in [0.1, 0.15) is 0 Å². The summed E-state index contributed by atoms with van der Waals surface area (Å²) in [6, 6.07) is 13.5. The highest BCUT2D eigenvalue weighted by atomic mass is 16.1. The lowest BCUT2D eigenvalue weighted by Gasteiger charge is -2.09. The van der Waals surface area contributed by atoms with E-state index in [0.717, 1.165) is 22.5 Å². The van der Waals surface area contributed by atoms with E-state index < -0.39 is 0 Å². The van der Waals surface area contributed by atoms with Crippen LogP contribution in [0.1, 0.15) is 21.5 Å². The van der Waals surface area contributed by atoms with E-state index >= 15 is 0 Å². The Morgan fingerprint density at radius 3 is 2.50 bits per heavy atom. The van der Waals surface area contributed by atoms with E-state index in [-0.39, 0.29) is 5.91 Å². The van der Waals surface area contributed by atoms with Crippen molar-refractivity contribution in [3.05, 3.63) is 77.9 Å². The number of hydrogen-bond acceptors (Lipinski definition) is 2. The average Bonchev–Trinajstić information content (AvgIpc) is 3.02. The molecule has 0 aliphatic heterocycles. The Kier molecular flexibility index (Phi) is 3.74. The first-order valence-electron chi connectivity index (χ1n) is 7.10. The lowest BCUT2D eigenvalue weighted by molar-refractivity contribution is 0.102. The van der Waals surface area contributed by atoms with Crippen LogP contribution in [0, 0.1) is 13.8 Å². The third kappa shape index (κ3) is 2.91. The van der Waals surface area contributed by atoms with Crippen molar-refractivity contribution >= 4 is 11.6 Å². The number of imidazole rings is 1. The van der Waals surface area contributed by atoms with E-state index in [2.05, 4.69) is 10.3 Å².